The molecule has 0 amide bonds. The van der Waals surface area contributed by atoms with Crippen molar-refractivity contribution in [1.82, 2.24) is 9.97 Å². The number of benzene rings is 1. The van der Waals surface area contributed by atoms with Gasteiger partial charge in [-0.25, -0.2) is 9.97 Å². The lowest BCUT2D eigenvalue weighted by Gasteiger charge is -2.03. The number of carboxylic acid groups (broad SMARTS) is 1. The Hall–Kier alpha value is -2.31. The number of aromatic nitrogens is 2. The van der Waals surface area contributed by atoms with Gasteiger partial charge >= 0.3 is 5.97 Å². The third-order valence-corrected chi connectivity index (χ3v) is 6.29. The summed E-state index contributed by atoms with van der Waals surface area (Å²) in [5, 5.41) is 11.2. The molecule has 2 fully saturated rings. The second-order valence-corrected chi connectivity index (χ2v) is 8.72. The van der Waals surface area contributed by atoms with Crippen LogP contribution in [0, 0.1) is 5.92 Å². The van der Waals surface area contributed by atoms with Gasteiger partial charge in [-0.1, -0.05) is 35.9 Å². The Morgan fingerprint density at radius 3 is 2.57 bits per heavy atom. The van der Waals surface area contributed by atoms with Gasteiger partial charge in [0.2, 0.25) is 0 Å². The minimum atomic E-state index is -0.714. The number of hydrogen-bond acceptors (Lipinski definition) is 5. The van der Waals surface area contributed by atoms with Gasteiger partial charge in [0.1, 0.15) is 10.7 Å². The maximum absolute atomic E-state index is 11.1. The van der Waals surface area contributed by atoms with Crippen LogP contribution in [0.15, 0.2) is 57.1 Å². The lowest BCUT2D eigenvalue weighted by atomic mass is 10.1. The SMILES string of the molecule is O=C(O)[C@H]1C[C@@H]1c1ccc(-c2nc(C3CC3)oc2Sc2ccc(Cl)cn2)cc1. The highest BCUT2D eigenvalue weighted by molar-refractivity contribution is 7.99. The summed E-state index contributed by atoms with van der Waals surface area (Å²) in [5.74, 6) is 0.352. The third kappa shape index (κ3) is 3.54. The zero-order valence-corrected chi connectivity index (χ0v) is 16.4. The van der Waals surface area contributed by atoms with Crippen LogP contribution in [0.5, 0.6) is 0 Å². The first kappa shape index (κ1) is 17.8. The van der Waals surface area contributed by atoms with Gasteiger partial charge in [0.05, 0.1) is 10.9 Å². The highest BCUT2D eigenvalue weighted by atomic mass is 35.5. The van der Waals surface area contributed by atoms with E-state index in [4.69, 9.17) is 26.1 Å². The van der Waals surface area contributed by atoms with Gasteiger partial charge in [-0.3, -0.25) is 4.79 Å². The molecule has 2 heterocycles. The van der Waals surface area contributed by atoms with E-state index in [0.29, 0.717) is 17.4 Å². The monoisotopic (exact) mass is 412 g/mol. The van der Waals surface area contributed by atoms with Crippen LogP contribution in [0.3, 0.4) is 0 Å². The summed E-state index contributed by atoms with van der Waals surface area (Å²) in [4.78, 5) is 20.2. The normalized spacial score (nSPS) is 20.9. The van der Waals surface area contributed by atoms with E-state index in [9.17, 15) is 4.79 Å². The standard InChI is InChI=1S/C21H17ClN2O3S/c22-14-7-8-17(23-10-14)28-21-18(24-19(27-21)13-5-6-13)12-3-1-11(2-4-12)15-9-16(15)20(25)26/h1-4,7-8,10,13,15-16H,5-6,9H2,(H,25,26)/t15-,16+/m1/s1. The summed E-state index contributed by atoms with van der Waals surface area (Å²) in [7, 11) is 0. The van der Waals surface area contributed by atoms with E-state index in [-0.39, 0.29) is 11.8 Å². The van der Waals surface area contributed by atoms with Crippen molar-refractivity contribution in [2.45, 2.75) is 41.2 Å². The van der Waals surface area contributed by atoms with Crippen molar-refractivity contribution >= 4 is 29.3 Å². The molecular formula is C21H17ClN2O3S. The summed E-state index contributed by atoms with van der Waals surface area (Å²) < 4.78 is 6.07. The maximum Gasteiger partial charge on any atom is 0.307 e. The second kappa shape index (κ2) is 6.94. The molecule has 2 saturated carbocycles. The number of carbonyl (C=O) groups is 1. The maximum atomic E-state index is 11.1. The van der Waals surface area contributed by atoms with Crippen LogP contribution in [0.2, 0.25) is 5.02 Å². The van der Waals surface area contributed by atoms with E-state index >= 15 is 0 Å². The first-order valence-corrected chi connectivity index (χ1v) is 10.4. The van der Waals surface area contributed by atoms with Crippen molar-refractivity contribution in [2.24, 2.45) is 5.92 Å². The largest absolute Gasteiger partial charge is 0.481 e. The topological polar surface area (TPSA) is 76.2 Å². The Balaban J connectivity index is 1.43. The zero-order valence-electron chi connectivity index (χ0n) is 14.8. The number of oxazole rings is 1. The molecule has 2 aliphatic carbocycles. The number of carboxylic acids is 1. The van der Waals surface area contributed by atoms with Crippen molar-refractivity contribution in [1.29, 1.82) is 0 Å². The Morgan fingerprint density at radius 1 is 1.18 bits per heavy atom. The molecule has 0 unspecified atom stereocenters. The molecule has 0 bridgehead atoms. The van der Waals surface area contributed by atoms with Crippen molar-refractivity contribution in [3.63, 3.8) is 0 Å². The summed E-state index contributed by atoms with van der Waals surface area (Å²) in [6.07, 6.45) is 4.56. The minimum absolute atomic E-state index is 0.123. The van der Waals surface area contributed by atoms with Crippen LogP contribution in [-0.2, 0) is 4.79 Å². The van der Waals surface area contributed by atoms with Crippen LogP contribution >= 0.6 is 23.4 Å². The Morgan fingerprint density at radius 2 is 1.96 bits per heavy atom. The average molecular weight is 413 g/mol. The van der Waals surface area contributed by atoms with Crippen LogP contribution in [0.4, 0.5) is 0 Å². The van der Waals surface area contributed by atoms with Crippen molar-refractivity contribution in [3.8, 4) is 11.3 Å². The van der Waals surface area contributed by atoms with Gasteiger partial charge in [-0.15, -0.1) is 0 Å². The molecule has 28 heavy (non-hydrogen) atoms. The first-order valence-electron chi connectivity index (χ1n) is 9.22. The highest BCUT2D eigenvalue weighted by Gasteiger charge is 2.44. The number of hydrogen-bond donors (Lipinski definition) is 1. The average Bonchev–Trinajstić information content (AvgIpc) is 3.61. The molecule has 0 aliphatic heterocycles. The predicted octanol–water partition coefficient (Wildman–Crippen LogP) is 5.61. The molecule has 0 spiro atoms. The Labute approximate surface area is 171 Å². The van der Waals surface area contributed by atoms with Crippen LogP contribution in [0.25, 0.3) is 11.3 Å². The Bertz CT molecular complexity index is 1030. The first-order chi connectivity index (χ1) is 13.6. The van der Waals surface area contributed by atoms with E-state index in [1.165, 1.54) is 11.8 Å². The summed E-state index contributed by atoms with van der Waals surface area (Å²) in [6.45, 7) is 0. The van der Waals surface area contributed by atoms with Gasteiger partial charge in [-0.2, -0.15) is 0 Å². The quantitative estimate of drug-likeness (QED) is 0.567. The fraction of sp³-hybridized carbons (Fsp3) is 0.286. The molecular weight excluding hydrogens is 396 g/mol. The number of pyridine rings is 1. The van der Waals surface area contributed by atoms with Gasteiger partial charge < -0.3 is 9.52 Å². The molecule has 7 heteroatoms. The molecule has 0 saturated heterocycles. The fourth-order valence-electron chi connectivity index (χ4n) is 3.32. The lowest BCUT2D eigenvalue weighted by Crippen LogP contribution is -1.98. The second-order valence-electron chi connectivity index (χ2n) is 7.29. The van der Waals surface area contributed by atoms with Gasteiger partial charge in [0.15, 0.2) is 11.0 Å². The number of rotatable bonds is 6. The van der Waals surface area contributed by atoms with E-state index in [2.05, 4.69) is 4.98 Å². The lowest BCUT2D eigenvalue weighted by molar-refractivity contribution is -0.138. The molecule has 1 aromatic carbocycles. The number of aliphatic carboxylic acids is 1. The smallest absolute Gasteiger partial charge is 0.307 e. The van der Waals surface area contributed by atoms with E-state index in [1.807, 2.05) is 30.3 Å². The molecule has 3 aromatic rings. The van der Waals surface area contributed by atoms with Crippen molar-refractivity contribution in [2.75, 3.05) is 0 Å². The molecule has 142 valence electrons. The number of halogens is 1. The van der Waals surface area contributed by atoms with Crippen LogP contribution in [0.1, 0.15) is 42.6 Å². The molecule has 0 radical (unpaired) electrons. The van der Waals surface area contributed by atoms with Crippen LogP contribution < -0.4 is 0 Å². The zero-order chi connectivity index (χ0) is 19.3. The Kier molecular flexibility index (Phi) is 4.40. The summed E-state index contributed by atoms with van der Waals surface area (Å²) in [6, 6.07) is 11.7. The van der Waals surface area contributed by atoms with E-state index < -0.39 is 5.97 Å². The van der Waals surface area contributed by atoms with Crippen LogP contribution in [-0.4, -0.2) is 21.0 Å². The highest BCUT2D eigenvalue weighted by Crippen LogP contribution is 2.48. The van der Waals surface area contributed by atoms with Gasteiger partial charge in [0.25, 0.3) is 0 Å². The van der Waals surface area contributed by atoms with E-state index in [1.54, 1.807) is 12.3 Å². The number of nitrogens with zero attached hydrogens (tertiary/aromatic N) is 2. The predicted molar refractivity (Wildman–Crippen MR) is 106 cm³/mol. The summed E-state index contributed by atoms with van der Waals surface area (Å²) in [5.41, 5.74) is 2.83. The van der Waals surface area contributed by atoms with Gasteiger partial charge in [-0.05, 0) is 54.6 Å². The van der Waals surface area contributed by atoms with E-state index in [0.717, 1.165) is 45.7 Å². The molecule has 5 nitrogen and oxygen atoms in total. The molecule has 2 aliphatic rings. The van der Waals surface area contributed by atoms with Crippen molar-refractivity contribution in [3.05, 3.63) is 59.1 Å². The van der Waals surface area contributed by atoms with Crippen molar-refractivity contribution < 1.29 is 14.3 Å². The molecule has 2 aromatic heterocycles. The molecule has 1 N–H and O–H groups in total. The fourth-order valence-corrected chi connectivity index (χ4v) is 4.25. The summed E-state index contributed by atoms with van der Waals surface area (Å²) >= 11 is 7.36. The minimum Gasteiger partial charge on any atom is -0.481 e. The molecule has 5 rings (SSSR count). The third-order valence-electron chi connectivity index (χ3n) is 5.16. The molecule has 2 atom stereocenters. The van der Waals surface area contributed by atoms with Gasteiger partial charge in [0, 0.05) is 17.7 Å².